The number of hydrogen-bond donors (Lipinski definition) is 2. The lowest BCUT2D eigenvalue weighted by atomic mass is 9.77. The minimum Gasteiger partial charge on any atom is -0.481 e. The third-order valence-corrected chi connectivity index (χ3v) is 2.96. The smallest absolute Gasteiger partial charge is 0.307 e. The van der Waals surface area contributed by atoms with Crippen molar-refractivity contribution in [2.75, 3.05) is 5.75 Å². The first-order valence-electron chi connectivity index (χ1n) is 4.53. The first-order valence-corrected chi connectivity index (χ1v) is 5.16. The fraction of sp³-hybridized carbons (Fsp3) is 0.778. The second-order valence-corrected chi connectivity index (χ2v) is 3.78. The Morgan fingerprint density at radius 3 is 2.23 bits per heavy atom. The molecule has 0 heterocycles. The average molecular weight is 202 g/mol. The summed E-state index contributed by atoms with van der Waals surface area (Å²) in [5.74, 6) is -1.44. The molecule has 0 unspecified atom stereocenters. The summed E-state index contributed by atoms with van der Waals surface area (Å²) in [5.41, 5.74) is 0. The third kappa shape index (κ3) is 2.46. The standard InChI is InChI=1S/C9H14O3S/c10-8(5-13)6-3-1-2-4-7(6)9(11)12/h6-7,13H,1-5H2,(H,11,12)/t6-,7-/m1/s1. The van der Waals surface area contributed by atoms with Crippen LogP contribution >= 0.6 is 12.6 Å². The van der Waals surface area contributed by atoms with Gasteiger partial charge in [0.25, 0.3) is 0 Å². The normalized spacial score (nSPS) is 28.4. The van der Waals surface area contributed by atoms with E-state index in [9.17, 15) is 9.59 Å². The van der Waals surface area contributed by atoms with E-state index in [4.69, 9.17) is 5.11 Å². The van der Waals surface area contributed by atoms with E-state index in [0.29, 0.717) is 6.42 Å². The molecule has 1 N–H and O–H groups in total. The summed E-state index contributed by atoms with van der Waals surface area (Å²) in [6.45, 7) is 0. The highest BCUT2D eigenvalue weighted by atomic mass is 32.1. The zero-order valence-corrected chi connectivity index (χ0v) is 8.30. The summed E-state index contributed by atoms with van der Waals surface area (Å²) in [6.07, 6.45) is 3.25. The van der Waals surface area contributed by atoms with Crippen molar-refractivity contribution in [1.82, 2.24) is 0 Å². The number of carbonyl (C=O) groups excluding carboxylic acids is 1. The van der Waals surface area contributed by atoms with Crippen LogP contribution in [0.5, 0.6) is 0 Å². The van der Waals surface area contributed by atoms with E-state index in [-0.39, 0.29) is 17.5 Å². The van der Waals surface area contributed by atoms with E-state index >= 15 is 0 Å². The second-order valence-electron chi connectivity index (χ2n) is 3.46. The molecule has 0 aromatic rings. The Kier molecular flexibility index (Phi) is 3.78. The number of aliphatic carboxylic acids is 1. The molecular weight excluding hydrogens is 188 g/mol. The van der Waals surface area contributed by atoms with Crippen molar-refractivity contribution >= 4 is 24.4 Å². The monoisotopic (exact) mass is 202 g/mol. The van der Waals surface area contributed by atoms with Crippen LogP contribution in [0.4, 0.5) is 0 Å². The van der Waals surface area contributed by atoms with Gasteiger partial charge in [-0.1, -0.05) is 12.8 Å². The molecule has 1 saturated carbocycles. The highest BCUT2D eigenvalue weighted by Crippen LogP contribution is 2.31. The number of Topliss-reactive ketones (excluding diaryl/α,β-unsaturated/α-hetero) is 1. The second kappa shape index (κ2) is 4.65. The summed E-state index contributed by atoms with van der Waals surface area (Å²) >= 11 is 3.89. The Labute approximate surface area is 82.9 Å². The molecule has 0 amide bonds. The van der Waals surface area contributed by atoms with Crippen molar-refractivity contribution in [2.24, 2.45) is 11.8 Å². The predicted molar refractivity (Wildman–Crippen MR) is 51.9 cm³/mol. The molecule has 0 radical (unpaired) electrons. The molecule has 0 aliphatic heterocycles. The maximum absolute atomic E-state index is 11.3. The van der Waals surface area contributed by atoms with E-state index in [1.54, 1.807) is 0 Å². The van der Waals surface area contributed by atoms with Gasteiger partial charge in [0.05, 0.1) is 5.92 Å². The van der Waals surface area contributed by atoms with Gasteiger partial charge < -0.3 is 5.11 Å². The molecule has 3 nitrogen and oxygen atoms in total. The molecule has 1 fully saturated rings. The SMILES string of the molecule is O=C(O)[C@@H]1CCCC[C@H]1C(=O)CS. The summed E-state index contributed by atoms with van der Waals surface area (Å²) in [5, 5.41) is 8.88. The molecule has 74 valence electrons. The van der Waals surface area contributed by atoms with E-state index in [2.05, 4.69) is 12.6 Å². The van der Waals surface area contributed by atoms with Gasteiger partial charge in [-0.15, -0.1) is 0 Å². The lowest BCUT2D eigenvalue weighted by Gasteiger charge is -2.26. The Balaban J connectivity index is 2.67. The molecule has 2 atom stereocenters. The van der Waals surface area contributed by atoms with Crippen LogP contribution in [0.1, 0.15) is 25.7 Å². The number of carboxylic acid groups (broad SMARTS) is 1. The molecule has 4 heteroatoms. The van der Waals surface area contributed by atoms with Crippen molar-refractivity contribution in [1.29, 1.82) is 0 Å². The quantitative estimate of drug-likeness (QED) is 0.680. The van der Waals surface area contributed by atoms with Crippen LogP contribution in [0.15, 0.2) is 0 Å². The largest absolute Gasteiger partial charge is 0.481 e. The van der Waals surface area contributed by atoms with E-state index in [1.165, 1.54) is 0 Å². The van der Waals surface area contributed by atoms with Gasteiger partial charge >= 0.3 is 5.97 Å². The van der Waals surface area contributed by atoms with Gasteiger partial charge in [-0.3, -0.25) is 9.59 Å². The summed E-state index contributed by atoms with van der Waals surface area (Å²) in [7, 11) is 0. The molecule has 0 aromatic heterocycles. The molecule has 0 aromatic carbocycles. The minimum atomic E-state index is -0.833. The molecular formula is C9H14O3S. The predicted octanol–water partition coefficient (Wildman–Crippen LogP) is 1.38. The van der Waals surface area contributed by atoms with Crippen LogP contribution < -0.4 is 0 Å². The first kappa shape index (κ1) is 10.6. The lowest BCUT2D eigenvalue weighted by Crippen LogP contribution is -2.33. The molecule has 13 heavy (non-hydrogen) atoms. The molecule has 0 saturated heterocycles. The lowest BCUT2D eigenvalue weighted by molar-refractivity contribution is -0.147. The maximum atomic E-state index is 11.3. The van der Waals surface area contributed by atoms with Gasteiger partial charge in [-0.2, -0.15) is 12.6 Å². The Morgan fingerprint density at radius 2 is 1.77 bits per heavy atom. The van der Waals surface area contributed by atoms with Gasteiger partial charge in [0.1, 0.15) is 5.78 Å². The zero-order valence-electron chi connectivity index (χ0n) is 7.40. The Morgan fingerprint density at radius 1 is 1.23 bits per heavy atom. The Bertz CT molecular complexity index is 215. The maximum Gasteiger partial charge on any atom is 0.307 e. The van der Waals surface area contributed by atoms with Gasteiger partial charge in [0.15, 0.2) is 0 Å². The third-order valence-electron chi connectivity index (χ3n) is 2.65. The summed E-state index contributed by atoms with van der Waals surface area (Å²) < 4.78 is 0. The van der Waals surface area contributed by atoms with Crippen molar-refractivity contribution in [3.63, 3.8) is 0 Å². The molecule has 0 spiro atoms. The Hall–Kier alpha value is -0.510. The minimum absolute atomic E-state index is 0.0181. The van der Waals surface area contributed by atoms with Crippen LogP contribution in [0.3, 0.4) is 0 Å². The first-order chi connectivity index (χ1) is 6.16. The van der Waals surface area contributed by atoms with Gasteiger partial charge in [0, 0.05) is 11.7 Å². The van der Waals surface area contributed by atoms with Crippen molar-refractivity contribution < 1.29 is 14.7 Å². The number of hydrogen-bond acceptors (Lipinski definition) is 3. The number of rotatable bonds is 3. The fourth-order valence-electron chi connectivity index (χ4n) is 1.93. The van der Waals surface area contributed by atoms with Gasteiger partial charge in [0.2, 0.25) is 0 Å². The van der Waals surface area contributed by atoms with Crippen LogP contribution in [-0.4, -0.2) is 22.6 Å². The van der Waals surface area contributed by atoms with Crippen LogP contribution in [-0.2, 0) is 9.59 Å². The highest BCUT2D eigenvalue weighted by molar-refractivity contribution is 7.81. The van der Waals surface area contributed by atoms with Crippen LogP contribution in [0.25, 0.3) is 0 Å². The molecule has 1 rings (SSSR count). The van der Waals surface area contributed by atoms with Gasteiger partial charge in [-0.05, 0) is 12.8 Å². The number of ketones is 1. The average Bonchev–Trinajstić information content (AvgIpc) is 2.16. The number of carboxylic acids is 1. The highest BCUT2D eigenvalue weighted by Gasteiger charge is 2.34. The van der Waals surface area contributed by atoms with Crippen molar-refractivity contribution in [3.05, 3.63) is 0 Å². The topological polar surface area (TPSA) is 54.4 Å². The van der Waals surface area contributed by atoms with Crippen LogP contribution in [0.2, 0.25) is 0 Å². The molecule has 0 bridgehead atoms. The number of thiol groups is 1. The van der Waals surface area contributed by atoms with E-state index < -0.39 is 11.9 Å². The molecule has 1 aliphatic rings. The summed E-state index contributed by atoms with van der Waals surface area (Å²) in [4.78, 5) is 22.1. The van der Waals surface area contributed by atoms with E-state index in [0.717, 1.165) is 19.3 Å². The van der Waals surface area contributed by atoms with Crippen LogP contribution in [0, 0.1) is 11.8 Å². The van der Waals surface area contributed by atoms with Crippen molar-refractivity contribution in [2.45, 2.75) is 25.7 Å². The number of carbonyl (C=O) groups is 2. The molecule has 1 aliphatic carbocycles. The zero-order chi connectivity index (χ0) is 9.84. The van der Waals surface area contributed by atoms with Crippen molar-refractivity contribution in [3.8, 4) is 0 Å². The van der Waals surface area contributed by atoms with E-state index in [1.807, 2.05) is 0 Å². The van der Waals surface area contributed by atoms with Gasteiger partial charge in [-0.25, -0.2) is 0 Å². The fourth-order valence-corrected chi connectivity index (χ4v) is 2.16. The summed E-state index contributed by atoms with van der Waals surface area (Å²) in [6, 6.07) is 0.